The first-order valence-electron chi connectivity index (χ1n) is 13.4. The minimum atomic E-state index is -1.30. The largest absolute Gasteiger partial charge is 0.477 e. The van der Waals surface area contributed by atoms with Crippen molar-refractivity contribution in [1.29, 1.82) is 0 Å². The first kappa shape index (κ1) is 27.4. The van der Waals surface area contributed by atoms with E-state index >= 15 is 0 Å². The fraction of sp³-hybridized carbons (Fsp3) is 0.226. The van der Waals surface area contributed by atoms with E-state index in [2.05, 4.69) is 20.6 Å². The van der Waals surface area contributed by atoms with Crippen LogP contribution < -0.4 is 5.69 Å². The molecular weight excluding hydrogens is 520 g/mol. The highest BCUT2D eigenvalue weighted by molar-refractivity contribution is 5.94. The molecule has 3 aromatic carbocycles. The highest BCUT2D eigenvalue weighted by Gasteiger charge is 2.28. The van der Waals surface area contributed by atoms with Crippen LogP contribution in [0, 0.1) is 5.92 Å². The zero-order chi connectivity index (χ0) is 28.9. The van der Waals surface area contributed by atoms with Gasteiger partial charge in [-0.05, 0) is 46.2 Å². The molecule has 0 atom stereocenters. The minimum Gasteiger partial charge on any atom is -0.477 e. The molecule has 5 rings (SSSR count). The molecule has 0 bridgehead atoms. The fourth-order valence-electron chi connectivity index (χ4n) is 4.91. The van der Waals surface area contributed by atoms with Gasteiger partial charge in [-0.25, -0.2) is 14.2 Å². The van der Waals surface area contributed by atoms with Gasteiger partial charge in [0.2, 0.25) is 11.7 Å². The first-order valence-corrected chi connectivity index (χ1v) is 13.4. The van der Waals surface area contributed by atoms with E-state index in [1.807, 2.05) is 68.4 Å². The lowest BCUT2D eigenvalue weighted by Gasteiger charge is -2.11. The highest BCUT2D eigenvalue weighted by atomic mass is 16.4. The molecule has 0 saturated carbocycles. The smallest absolute Gasteiger partial charge is 0.354 e. The Morgan fingerprint density at radius 2 is 1.59 bits per heavy atom. The number of rotatable bonds is 10. The van der Waals surface area contributed by atoms with Gasteiger partial charge < -0.3 is 5.11 Å². The van der Waals surface area contributed by atoms with Crippen molar-refractivity contribution in [3.8, 4) is 22.5 Å². The van der Waals surface area contributed by atoms with E-state index < -0.39 is 17.6 Å². The van der Waals surface area contributed by atoms with Crippen molar-refractivity contribution in [1.82, 2.24) is 29.8 Å². The predicted octanol–water partition coefficient (Wildman–Crippen LogP) is 4.71. The lowest BCUT2D eigenvalue weighted by atomic mass is 9.98. The normalized spacial score (nSPS) is 11.2. The van der Waals surface area contributed by atoms with Crippen LogP contribution in [0.5, 0.6) is 0 Å². The quantitative estimate of drug-likeness (QED) is 0.257. The molecule has 10 heteroatoms. The van der Waals surface area contributed by atoms with Gasteiger partial charge in [0.05, 0.1) is 18.7 Å². The van der Waals surface area contributed by atoms with Crippen molar-refractivity contribution in [2.75, 3.05) is 0 Å². The van der Waals surface area contributed by atoms with E-state index in [0.29, 0.717) is 29.9 Å². The van der Waals surface area contributed by atoms with E-state index in [1.54, 1.807) is 24.3 Å². The van der Waals surface area contributed by atoms with Gasteiger partial charge in [0.15, 0.2) is 5.69 Å². The molecule has 2 heterocycles. The number of carboxylic acid groups (broad SMARTS) is 1. The second-order valence-electron chi connectivity index (χ2n) is 10.3. The number of hydrogen-bond acceptors (Lipinski definition) is 6. The third kappa shape index (κ3) is 5.91. The number of benzene rings is 3. The lowest BCUT2D eigenvalue weighted by Crippen LogP contribution is -2.32. The molecule has 0 unspecified atom stereocenters. The predicted molar refractivity (Wildman–Crippen MR) is 154 cm³/mol. The Balaban J connectivity index is 1.51. The van der Waals surface area contributed by atoms with E-state index in [4.69, 9.17) is 0 Å². The SMILES string of the molecule is CC(C)CCc1c(C(=O)O)n(C(=O)Cc2ccccc2)c(=O)n1Cc1ccc(-c2ccccc2-c2nn[nH]n2)cc1. The van der Waals surface area contributed by atoms with E-state index in [-0.39, 0.29) is 24.6 Å². The van der Waals surface area contributed by atoms with Gasteiger partial charge in [-0.3, -0.25) is 9.36 Å². The van der Waals surface area contributed by atoms with Crippen LogP contribution in [0.2, 0.25) is 0 Å². The van der Waals surface area contributed by atoms with Crippen LogP contribution in [0.1, 0.15) is 52.4 Å². The van der Waals surface area contributed by atoms with Crippen LogP contribution in [-0.4, -0.2) is 46.7 Å². The van der Waals surface area contributed by atoms with Gasteiger partial charge in [-0.1, -0.05) is 92.7 Å². The average molecular weight is 551 g/mol. The Labute approximate surface area is 236 Å². The maximum Gasteiger partial charge on any atom is 0.354 e. The number of carboxylic acids is 1. The summed E-state index contributed by atoms with van der Waals surface area (Å²) in [5.41, 5.74) is 3.60. The summed E-state index contributed by atoms with van der Waals surface area (Å²) < 4.78 is 2.26. The molecule has 5 aromatic rings. The number of carbonyl (C=O) groups excluding carboxylic acids is 1. The van der Waals surface area contributed by atoms with Gasteiger partial charge in [0.1, 0.15) is 0 Å². The third-order valence-electron chi connectivity index (χ3n) is 6.97. The number of tetrazole rings is 1. The van der Waals surface area contributed by atoms with Crippen molar-refractivity contribution >= 4 is 11.9 Å². The highest BCUT2D eigenvalue weighted by Crippen LogP contribution is 2.30. The third-order valence-corrected chi connectivity index (χ3v) is 6.97. The van der Waals surface area contributed by atoms with Crippen LogP contribution in [0.25, 0.3) is 22.5 Å². The maximum absolute atomic E-state index is 13.7. The molecule has 0 fully saturated rings. The molecule has 10 nitrogen and oxygen atoms in total. The Kier molecular flexibility index (Phi) is 8.00. The summed E-state index contributed by atoms with van der Waals surface area (Å²) in [6.45, 7) is 4.20. The van der Waals surface area contributed by atoms with Crippen LogP contribution in [-0.2, 0) is 19.4 Å². The summed E-state index contributed by atoms with van der Waals surface area (Å²) in [6.07, 6.45) is 0.946. The molecule has 2 N–H and O–H groups in total. The van der Waals surface area contributed by atoms with Crippen LogP contribution in [0.15, 0.2) is 83.7 Å². The molecule has 0 aliphatic carbocycles. The topological polar surface area (TPSA) is 136 Å². The summed E-state index contributed by atoms with van der Waals surface area (Å²) in [7, 11) is 0. The first-order chi connectivity index (χ1) is 19.8. The second kappa shape index (κ2) is 12.0. The van der Waals surface area contributed by atoms with Crippen LogP contribution in [0.4, 0.5) is 0 Å². The van der Waals surface area contributed by atoms with Gasteiger partial charge >= 0.3 is 11.7 Å². The zero-order valence-corrected chi connectivity index (χ0v) is 22.8. The summed E-state index contributed by atoms with van der Waals surface area (Å²) in [4.78, 5) is 39.4. The van der Waals surface area contributed by atoms with Gasteiger partial charge in [-0.2, -0.15) is 5.21 Å². The van der Waals surface area contributed by atoms with Crippen molar-refractivity contribution in [2.45, 2.75) is 39.7 Å². The molecular formula is C31H30N6O4. The standard InChI is InChI=1S/C31H30N6O4/c1-20(2)12-17-26-28(30(39)40)37(27(38)18-21-8-4-3-5-9-21)31(41)36(26)19-22-13-15-23(16-14-22)24-10-6-7-11-25(24)29-32-34-35-33-29/h3-11,13-16,20H,12,17-19H2,1-2H3,(H,39,40)(H,32,33,34,35). The van der Waals surface area contributed by atoms with Crippen molar-refractivity contribution in [3.63, 3.8) is 0 Å². The Bertz CT molecular complexity index is 1720. The van der Waals surface area contributed by atoms with E-state index in [1.165, 1.54) is 4.57 Å². The zero-order valence-electron chi connectivity index (χ0n) is 22.8. The fourth-order valence-corrected chi connectivity index (χ4v) is 4.91. The maximum atomic E-state index is 13.7. The molecule has 0 saturated heterocycles. The second-order valence-corrected chi connectivity index (χ2v) is 10.3. The number of hydrogen-bond donors (Lipinski definition) is 2. The molecule has 41 heavy (non-hydrogen) atoms. The van der Waals surface area contributed by atoms with Crippen LogP contribution in [0.3, 0.4) is 0 Å². The number of aromatic nitrogens is 6. The number of aromatic amines is 1. The lowest BCUT2D eigenvalue weighted by molar-refractivity contribution is 0.0671. The van der Waals surface area contributed by atoms with Crippen LogP contribution >= 0.6 is 0 Å². The monoisotopic (exact) mass is 550 g/mol. The van der Waals surface area contributed by atoms with Crippen molar-refractivity contribution < 1.29 is 14.7 Å². The summed E-state index contributed by atoms with van der Waals surface area (Å²) >= 11 is 0. The Morgan fingerprint density at radius 1 is 0.902 bits per heavy atom. The molecule has 0 radical (unpaired) electrons. The molecule has 0 amide bonds. The number of carbonyl (C=O) groups is 2. The summed E-state index contributed by atoms with van der Waals surface area (Å²) in [5, 5.41) is 24.5. The number of H-pyrrole nitrogens is 1. The van der Waals surface area contributed by atoms with Crippen molar-refractivity contribution in [3.05, 3.63) is 112 Å². The van der Waals surface area contributed by atoms with Gasteiger partial charge in [-0.15, -0.1) is 10.2 Å². The molecule has 0 spiro atoms. The Morgan fingerprint density at radius 3 is 2.22 bits per heavy atom. The van der Waals surface area contributed by atoms with Gasteiger partial charge in [0, 0.05) is 5.56 Å². The number of aromatic carboxylic acids is 1. The van der Waals surface area contributed by atoms with E-state index in [0.717, 1.165) is 26.8 Å². The molecule has 208 valence electrons. The van der Waals surface area contributed by atoms with Crippen molar-refractivity contribution in [2.24, 2.45) is 5.92 Å². The molecule has 0 aliphatic heterocycles. The minimum absolute atomic E-state index is 0.0802. The number of imidazole rings is 1. The number of nitrogens with one attached hydrogen (secondary N) is 1. The summed E-state index contributed by atoms with van der Waals surface area (Å²) in [6, 6.07) is 24.3. The molecule has 2 aromatic heterocycles. The van der Waals surface area contributed by atoms with E-state index in [9.17, 15) is 19.5 Å². The van der Waals surface area contributed by atoms with Gasteiger partial charge in [0.25, 0.3) is 0 Å². The number of nitrogens with zero attached hydrogens (tertiary/aromatic N) is 5. The average Bonchev–Trinajstić information content (AvgIpc) is 3.60. The summed E-state index contributed by atoms with van der Waals surface area (Å²) in [5.74, 6) is -1.11. The Hall–Kier alpha value is -5.12. The molecule has 0 aliphatic rings.